The molecule has 134 valence electrons. The van der Waals surface area contributed by atoms with E-state index in [9.17, 15) is 0 Å². The van der Waals surface area contributed by atoms with E-state index in [1.165, 1.54) is 0 Å². The largest absolute Gasteiger partial charge is 0.395 e. The molecule has 0 radical (unpaired) electrons. The second-order valence-corrected chi connectivity index (χ2v) is 3.42. The maximum Gasteiger partial charge on any atom is 0.0558 e. The third-order valence-corrected chi connectivity index (χ3v) is 1.67. The molecule has 0 saturated carbocycles. The number of hydrogen-bond acceptors (Lipinski definition) is 9. The molecule has 0 aromatic carbocycles. The molecule has 0 atom stereocenters. The molecule has 0 spiro atoms. The number of hydrogen-bond donors (Lipinski definition) is 8. The van der Waals surface area contributed by atoms with Gasteiger partial charge in [-0.3, -0.25) is 4.90 Å². The minimum atomic E-state index is 0.0972. The fourth-order valence-corrected chi connectivity index (χ4v) is 0.711. The minimum absolute atomic E-state index is 0.0972. The van der Waals surface area contributed by atoms with Gasteiger partial charge in [-0.2, -0.15) is 0 Å². The number of aliphatic hydroxyl groups excluding tert-OH is 5. The van der Waals surface area contributed by atoms with Crippen LogP contribution in [0.5, 0.6) is 0 Å². The fraction of sp³-hybridized carbons (Fsp3) is 1.00. The van der Waals surface area contributed by atoms with Gasteiger partial charge in [0.25, 0.3) is 0 Å². The molecule has 0 saturated heterocycles. The van der Waals surface area contributed by atoms with Gasteiger partial charge in [-0.1, -0.05) is 6.92 Å². The average Bonchev–Trinajstić information content (AvgIpc) is 2.55. The van der Waals surface area contributed by atoms with Crippen molar-refractivity contribution >= 4 is 0 Å². The minimum Gasteiger partial charge on any atom is -0.395 e. The highest BCUT2D eigenvalue weighted by atomic mass is 16.3. The lowest BCUT2D eigenvalue weighted by molar-refractivity contribution is 0.166. The van der Waals surface area contributed by atoms with Crippen molar-refractivity contribution in [3.63, 3.8) is 0 Å². The first-order valence-corrected chi connectivity index (χ1v) is 6.96. The molecule has 11 N–H and O–H groups in total. The zero-order valence-corrected chi connectivity index (χ0v) is 13.2. The van der Waals surface area contributed by atoms with Crippen molar-refractivity contribution in [3.8, 4) is 0 Å². The monoisotopic (exact) mass is 316 g/mol. The van der Waals surface area contributed by atoms with Gasteiger partial charge in [-0.25, -0.2) is 0 Å². The Morgan fingerprint density at radius 2 is 0.857 bits per heavy atom. The Morgan fingerprint density at radius 3 is 0.952 bits per heavy atom. The maximum atomic E-state index is 8.47. The van der Waals surface area contributed by atoms with E-state index >= 15 is 0 Å². The lowest BCUT2D eigenvalue weighted by atomic mass is 10.5. The SMILES string of the molecule is CCN(CCO)CCO.NCCO.NCCO.NCCO. The molecule has 0 aromatic rings. The summed E-state index contributed by atoms with van der Waals surface area (Å²) in [5.74, 6) is 0. The molecule has 0 rings (SSSR count). The molecule has 0 aliphatic rings. The first-order valence-electron chi connectivity index (χ1n) is 6.96. The Kier molecular flexibility index (Phi) is 50.2. The van der Waals surface area contributed by atoms with Crippen LogP contribution in [0, 0.1) is 0 Å². The molecule has 21 heavy (non-hydrogen) atoms. The Bertz CT molecular complexity index is 115. The summed E-state index contributed by atoms with van der Waals surface area (Å²) < 4.78 is 0. The van der Waals surface area contributed by atoms with E-state index in [1.807, 2.05) is 11.8 Å². The van der Waals surface area contributed by atoms with Gasteiger partial charge >= 0.3 is 0 Å². The zero-order valence-electron chi connectivity index (χ0n) is 13.2. The van der Waals surface area contributed by atoms with Crippen LogP contribution >= 0.6 is 0 Å². The molecule has 0 aromatic heterocycles. The lowest BCUT2D eigenvalue weighted by Crippen LogP contribution is -2.29. The van der Waals surface area contributed by atoms with Gasteiger partial charge in [0.1, 0.15) is 0 Å². The summed E-state index contributed by atoms with van der Waals surface area (Å²) in [5.41, 5.74) is 14.3. The highest BCUT2D eigenvalue weighted by molar-refractivity contribution is 4.51. The second kappa shape index (κ2) is 36.7. The number of aliphatic hydroxyl groups is 5. The van der Waals surface area contributed by atoms with E-state index in [1.54, 1.807) is 0 Å². The predicted octanol–water partition coefficient (Wildman–Crippen LogP) is -3.89. The smallest absolute Gasteiger partial charge is 0.0558 e. The topological polar surface area (TPSA) is 182 Å². The van der Waals surface area contributed by atoms with E-state index in [4.69, 9.17) is 42.7 Å². The fourth-order valence-electron chi connectivity index (χ4n) is 0.711. The standard InChI is InChI=1S/C6H15NO2.3C2H7NO/c1-2-7(3-5-8)4-6-9;3*3-1-2-4/h8-9H,2-6H2,1H3;3*4H,1-3H2. The van der Waals surface area contributed by atoms with Crippen LogP contribution in [0.4, 0.5) is 0 Å². The van der Waals surface area contributed by atoms with Gasteiger partial charge in [0.2, 0.25) is 0 Å². The van der Waals surface area contributed by atoms with Crippen molar-refractivity contribution < 1.29 is 25.5 Å². The summed E-state index contributed by atoms with van der Waals surface area (Å²) in [4.78, 5) is 1.99. The summed E-state index contributed by atoms with van der Waals surface area (Å²) in [6, 6.07) is 0. The normalized spacial score (nSPS) is 8.86. The molecule has 9 nitrogen and oxygen atoms in total. The summed E-state index contributed by atoms with van der Waals surface area (Å²) in [5, 5.41) is 40.2. The molecule has 0 aliphatic carbocycles. The Labute approximate surface area is 128 Å². The molecular formula is C12H36N4O5. The summed E-state index contributed by atoms with van der Waals surface area (Å²) in [6.07, 6.45) is 0. The van der Waals surface area contributed by atoms with E-state index in [0.29, 0.717) is 32.7 Å². The molecular weight excluding hydrogens is 280 g/mol. The van der Waals surface area contributed by atoms with Crippen molar-refractivity contribution in [1.82, 2.24) is 4.90 Å². The molecule has 0 aliphatic heterocycles. The third-order valence-electron chi connectivity index (χ3n) is 1.67. The number of nitrogens with zero attached hydrogens (tertiary/aromatic N) is 1. The second-order valence-electron chi connectivity index (χ2n) is 3.42. The van der Waals surface area contributed by atoms with Crippen molar-refractivity contribution in [2.75, 3.05) is 72.3 Å². The van der Waals surface area contributed by atoms with Gasteiger partial charge in [-0.05, 0) is 6.54 Å². The highest BCUT2D eigenvalue weighted by Crippen LogP contribution is 1.83. The van der Waals surface area contributed by atoms with Gasteiger partial charge < -0.3 is 42.7 Å². The Hall–Kier alpha value is -0.360. The third kappa shape index (κ3) is 54.0. The average molecular weight is 316 g/mol. The van der Waals surface area contributed by atoms with Crippen molar-refractivity contribution in [2.45, 2.75) is 6.92 Å². The Morgan fingerprint density at radius 1 is 0.619 bits per heavy atom. The van der Waals surface area contributed by atoms with E-state index in [2.05, 4.69) is 0 Å². The molecule has 0 fully saturated rings. The van der Waals surface area contributed by atoms with Crippen molar-refractivity contribution in [2.24, 2.45) is 17.2 Å². The van der Waals surface area contributed by atoms with Crippen LogP contribution in [0.25, 0.3) is 0 Å². The van der Waals surface area contributed by atoms with Gasteiger partial charge in [0.15, 0.2) is 0 Å². The van der Waals surface area contributed by atoms with Crippen LogP contribution in [0.1, 0.15) is 6.92 Å². The predicted molar refractivity (Wildman–Crippen MR) is 84.7 cm³/mol. The summed E-state index contributed by atoms with van der Waals surface area (Å²) in [7, 11) is 0. The molecule has 0 bridgehead atoms. The first kappa shape index (κ1) is 28.8. The lowest BCUT2D eigenvalue weighted by Gasteiger charge is -2.16. The number of rotatable bonds is 8. The van der Waals surface area contributed by atoms with Crippen LogP contribution < -0.4 is 17.2 Å². The molecule has 9 heteroatoms. The van der Waals surface area contributed by atoms with Crippen LogP contribution in [0.2, 0.25) is 0 Å². The van der Waals surface area contributed by atoms with Crippen molar-refractivity contribution in [1.29, 1.82) is 0 Å². The quantitative estimate of drug-likeness (QED) is 0.222. The van der Waals surface area contributed by atoms with Gasteiger partial charge in [-0.15, -0.1) is 0 Å². The summed E-state index contributed by atoms with van der Waals surface area (Å²) >= 11 is 0. The van der Waals surface area contributed by atoms with Crippen LogP contribution in [-0.2, 0) is 0 Å². The highest BCUT2D eigenvalue weighted by Gasteiger charge is 1.97. The van der Waals surface area contributed by atoms with Crippen LogP contribution in [0.3, 0.4) is 0 Å². The Balaban J connectivity index is -0.000000102. The van der Waals surface area contributed by atoms with E-state index in [-0.39, 0.29) is 33.0 Å². The zero-order chi connectivity index (χ0) is 17.4. The van der Waals surface area contributed by atoms with Crippen LogP contribution in [0.15, 0.2) is 0 Å². The number of nitrogens with two attached hydrogens (primary N) is 3. The van der Waals surface area contributed by atoms with E-state index in [0.717, 1.165) is 6.54 Å². The van der Waals surface area contributed by atoms with Crippen molar-refractivity contribution in [3.05, 3.63) is 0 Å². The molecule has 0 amide bonds. The molecule has 0 unspecified atom stereocenters. The maximum absolute atomic E-state index is 8.47. The van der Waals surface area contributed by atoms with Crippen LogP contribution in [-0.4, -0.2) is 103 Å². The molecule has 0 heterocycles. The van der Waals surface area contributed by atoms with E-state index < -0.39 is 0 Å². The van der Waals surface area contributed by atoms with Gasteiger partial charge in [0, 0.05) is 32.7 Å². The van der Waals surface area contributed by atoms with Gasteiger partial charge in [0.05, 0.1) is 33.0 Å². The first-order chi connectivity index (χ1) is 10.1. The number of likely N-dealkylation sites (N-methyl/N-ethyl adjacent to an activating group) is 1. The summed E-state index contributed by atoms with van der Waals surface area (Å²) in [6.45, 7) is 5.99.